The van der Waals surface area contributed by atoms with Crippen LogP contribution in [-0.4, -0.2) is 18.1 Å². The summed E-state index contributed by atoms with van der Waals surface area (Å²) in [7, 11) is 0. The van der Waals surface area contributed by atoms with Crippen LogP contribution in [0.1, 0.15) is 52.9 Å². The van der Waals surface area contributed by atoms with E-state index in [9.17, 15) is 4.79 Å². The Kier molecular flexibility index (Phi) is 2.97. The largest absolute Gasteiger partial charge is 0.460 e. The average molecular weight is 265 g/mol. The third kappa shape index (κ3) is 2.01. The minimum atomic E-state index is -0.385. The first-order chi connectivity index (χ1) is 8.86. The van der Waals surface area contributed by atoms with E-state index < -0.39 is 0 Å². The predicted molar refractivity (Wildman–Crippen MR) is 74.4 cm³/mol. The van der Waals surface area contributed by atoms with Crippen LogP contribution in [0.15, 0.2) is 0 Å². The standard InChI is InChI=1S/C16H27NO2/c1-15(2,3)19-14(18)8-16(9-17)12-5-4-10-6-11(12)13(16)7-10/h10-13H,4-9,17H2,1-3H3/t10-,11-,12?,13-,16-/m0/s1. The third-order valence-electron chi connectivity index (χ3n) is 5.86. The summed E-state index contributed by atoms with van der Waals surface area (Å²) in [5.41, 5.74) is 5.80. The molecule has 0 aliphatic heterocycles. The molecule has 3 aliphatic rings. The normalized spacial score (nSPS) is 43.8. The summed E-state index contributed by atoms with van der Waals surface area (Å²) in [6.07, 6.45) is 5.88. The molecule has 0 saturated heterocycles. The maximum absolute atomic E-state index is 12.2. The molecule has 3 aliphatic carbocycles. The molecule has 3 nitrogen and oxygen atoms in total. The summed E-state index contributed by atoms with van der Waals surface area (Å²) in [5.74, 6) is 3.12. The zero-order valence-electron chi connectivity index (χ0n) is 12.4. The Morgan fingerprint density at radius 2 is 2.00 bits per heavy atom. The van der Waals surface area contributed by atoms with Crippen LogP contribution in [0, 0.1) is 29.1 Å². The van der Waals surface area contributed by atoms with Gasteiger partial charge in [-0.2, -0.15) is 0 Å². The average Bonchev–Trinajstić information content (AvgIpc) is 2.48. The highest BCUT2D eigenvalue weighted by Crippen LogP contribution is 2.70. The van der Waals surface area contributed by atoms with Crippen molar-refractivity contribution in [1.82, 2.24) is 0 Å². The lowest BCUT2D eigenvalue weighted by Gasteiger charge is -2.59. The molecule has 0 aromatic rings. The molecule has 0 heterocycles. The number of nitrogens with two attached hydrogens (primary N) is 1. The van der Waals surface area contributed by atoms with Crippen molar-refractivity contribution in [2.45, 2.75) is 58.5 Å². The molecular formula is C16H27NO2. The number of fused-ring (bicyclic) bond motifs is 1. The summed E-state index contributed by atoms with van der Waals surface area (Å²) in [5, 5.41) is 0. The molecule has 5 atom stereocenters. The first kappa shape index (κ1) is 13.4. The molecule has 19 heavy (non-hydrogen) atoms. The van der Waals surface area contributed by atoms with Crippen LogP contribution >= 0.6 is 0 Å². The van der Waals surface area contributed by atoms with E-state index >= 15 is 0 Å². The Hall–Kier alpha value is -0.570. The molecule has 3 fully saturated rings. The molecule has 1 unspecified atom stereocenters. The smallest absolute Gasteiger partial charge is 0.306 e. The van der Waals surface area contributed by atoms with Crippen molar-refractivity contribution in [2.24, 2.45) is 34.8 Å². The number of hydrogen-bond acceptors (Lipinski definition) is 3. The Bertz CT molecular complexity index is 379. The van der Waals surface area contributed by atoms with E-state index in [4.69, 9.17) is 10.5 Å². The van der Waals surface area contributed by atoms with Gasteiger partial charge in [0.05, 0.1) is 6.42 Å². The van der Waals surface area contributed by atoms with E-state index in [0.717, 1.165) is 11.8 Å². The van der Waals surface area contributed by atoms with Gasteiger partial charge in [0.15, 0.2) is 0 Å². The Balaban J connectivity index is 1.73. The number of esters is 1. The molecule has 2 N–H and O–H groups in total. The van der Waals surface area contributed by atoms with Crippen molar-refractivity contribution in [3.8, 4) is 0 Å². The van der Waals surface area contributed by atoms with Crippen LogP contribution in [-0.2, 0) is 9.53 Å². The number of hydrogen-bond donors (Lipinski definition) is 1. The van der Waals surface area contributed by atoms with Crippen molar-refractivity contribution in [1.29, 1.82) is 0 Å². The van der Waals surface area contributed by atoms with Crippen LogP contribution in [0.2, 0.25) is 0 Å². The number of carbonyl (C=O) groups is 1. The lowest BCUT2D eigenvalue weighted by molar-refractivity contribution is -0.171. The van der Waals surface area contributed by atoms with Gasteiger partial charge in [0.2, 0.25) is 0 Å². The Labute approximate surface area is 116 Å². The van der Waals surface area contributed by atoms with Crippen molar-refractivity contribution in [3.05, 3.63) is 0 Å². The van der Waals surface area contributed by atoms with Gasteiger partial charge in [0.1, 0.15) is 5.60 Å². The van der Waals surface area contributed by atoms with Crippen molar-refractivity contribution in [2.75, 3.05) is 6.54 Å². The molecular weight excluding hydrogens is 238 g/mol. The number of ether oxygens (including phenoxy) is 1. The summed E-state index contributed by atoms with van der Waals surface area (Å²) in [4.78, 5) is 12.2. The second-order valence-electron chi connectivity index (χ2n) is 7.99. The highest BCUT2D eigenvalue weighted by Gasteiger charge is 2.66. The molecule has 3 rings (SSSR count). The van der Waals surface area contributed by atoms with E-state index in [1.807, 2.05) is 20.8 Å². The maximum atomic E-state index is 12.2. The van der Waals surface area contributed by atoms with Crippen molar-refractivity contribution in [3.63, 3.8) is 0 Å². The molecule has 0 amide bonds. The van der Waals surface area contributed by atoms with E-state index in [-0.39, 0.29) is 17.0 Å². The zero-order chi connectivity index (χ0) is 13.8. The summed E-state index contributed by atoms with van der Waals surface area (Å²) >= 11 is 0. The van der Waals surface area contributed by atoms with E-state index in [0.29, 0.717) is 24.8 Å². The zero-order valence-corrected chi connectivity index (χ0v) is 12.4. The summed E-state index contributed by atoms with van der Waals surface area (Å²) < 4.78 is 5.53. The maximum Gasteiger partial charge on any atom is 0.306 e. The molecule has 108 valence electrons. The lowest BCUT2D eigenvalue weighted by Crippen LogP contribution is -2.59. The molecule has 0 spiro atoms. The highest BCUT2D eigenvalue weighted by molar-refractivity contribution is 5.71. The fourth-order valence-corrected chi connectivity index (χ4v) is 5.30. The first-order valence-corrected chi connectivity index (χ1v) is 7.77. The Morgan fingerprint density at radius 1 is 1.26 bits per heavy atom. The van der Waals surface area contributed by atoms with Crippen molar-refractivity contribution < 1.29 is 9.53 Å². The van der Waals surface area contributed by atoms with Gasteiger partial charge in [-0.25, -0.2) is 0 Å². The van der Waals surface area contributed by atoms with Gasteiger partial charge >= 0.3 is 5.97 Å². The van der Waals surface area contributed by atoms with Gasteiger partial charge < -0.3 is 10.5 Å². The fraction of sp³-hybridized carbons (Fsp3) is 0.938. The summed E-state index contributed by atoms with van der Waals surface area (Å²) in [6, 6.07) is 0. The SMILES string of the molecule is CC(C)(C)OC(=O)C[C@]1(CN)C2CC[C@H]3C[C@@H]2[C@@H]1C3. The van der Waals surface area contributed by atoms with E-state index in [2.05, 4.69) is 0 Å². The fourth-order valence-electron chi connectivity index (χ4n) is 5.30. The molecule has 2 bridgehead atoms. The number of rotatable bonds is 3. The monoisotopic (exact) mass is 265 g/mol. The molecule has 0 radical (unpaired) electrons. The molecule has 3 saturated carbocycles. The molecule has 0 aromatic carbocycles. The first-order valence-electron chi connectivity index (χ1n) is 7.77. The second kappa shape index (κ2) is 4.21. The highest BCUT2D eigenvalue weighted by atomic mass is 16.6. The minimum absolute atomic E-state index is 0.0493. The third-order valence-corrected chi connectivity index (χ3v) is 5.86. The van der Waals surface area contributed by atoms with E-state index in [1.54, 1.807) is 0 Å². The Morgan fingerprint density at radius 3 is 2.63 bits per heavy atom. The molecule has 3 heteroatoms. The molecule has 0 aromatic heterocycles. The van der Waals surface area contributed by atoms with Crippen LogP contribution in [0.5, 0.6) is 0 Å². The van der Waals surface area contributed by atoms with Crippen LogP contribution < -0.4 is 5.73 Å². The van der Waals surface area contributed by atoms with E-state index in [1.165, 1.54) is 25.7 Å². The van der Waals surface area contributed by atoms with Gasteiger partial charge in [0, 0.05) is 0 Å². The second-order valence-corrected chi connectivity index (χ2v) is 7.99. The van der Waals surface area contributed by atoms with Crippen LogP contribution in [0.4, 0.5) is 0 Å². The van der Waals surface area contributed by atoms with Gasteiger partial charge in [-0.1, -0.05) is 6.42 Å². The van der Waals surface area contributed by atoms with Crippen LogP contribution in [0.3, 0.4) is 0 Å². The predicted octanol–water partition coefficient (Wildman–Crippen LogP) is 2.73. The topological polar surface area (TPSA) is 52.3 Å². The lowest BCUT2D eigenvalue weighted by atomic mass is 9.45. The number of carbonyl (C=O) groups excluding carboxylic acids is 1. The minimum Gasteiger partial charge on any atom is -0.460 e. The quantitative estimate of drug-likeness (QED) is 0.798. The summed E-state index contributed by atoms with van der Waals surface area (Å²) in [6.45, 7) is 6.46. The van der Waals surface area contributed by atoms with Crippen LogP contribution in [0.25, 0.3) is 0 Å². The van der Waals surface area contributed by atoms with Crippen molar-refractivity contribution >= 4 is 5.97 Å². The van der Waals surface area contributed by atoms with Gasteiger partial charge in [-0.05, 0) is 75.7 Å². The van der Waals surface area contributed by atoms with Gasteiger partial charge in [-0.3, -0.25) is 4.79 Å². The van der Waals surface area contributed by atoms with Gasteiger partial charge in [0.25, 0.3) is 0 Å². The van der Waals surface area contributed by atoms with Gasteiger partial charge in [-0.15, -0.1) is 0 Å².